The summed E-state index contributed by atoms with van der Waals surface area (Å²) in [5, 5.41) is 13.2. The molecule has 0 aliphatic heterocycles. The molecule has 0 aliphatic rings. The van der Waals surface area contributed by atoms with Crippen molar-refractivity contribution < 1.29 is 4.79 Å². The summed E-state index contributed by atoms with van der Waals surface area (Å²) in [6, 6.07) is 19.2. The summed E-state index contributed by atoms with van der Waals surface area (Å²) < 4.78 is 1.99. The average Bonchev–Trinajstić information content (AvgIpc) is 3.23. The molecule has 1 amide bonds. The van der Waals surface area contributed by atoms with Crippen LogP contribution < -0.4 is 5.32 Å². The highest BCUT2D eigenvalue weighted by molar-refractivity contribution is 7.99. The van der Waals surface area contributed by atoms with Crippen molar-refractivity contribution >= 4 is 29.3 Å². The van der Waals surface area contributed by atoms with Crippen LogP contribution in [-0.2, 0) is 4.79 Å². The number of aromatic nitrogens is 4. The molecule has 0 saturated heterocycles. The molecular weight excluding hydrogens is 442 g/mol. The number of halogens is 1. The number of para-hydroxylation sites is 1. The first-order valence-electron chi connectivity index (χ1n) is 10.1. The number of hydrogen-bond acceptors (Lipinski definition) is 5. The molecule has 2 heterocycles. The maximum atomic E-state index is 12.6. The molecule has 1 N–H and O–H groups in total. The van der Waals surface area contributed by atoms with Crippen molar-refractivity contribution in [3.63, 3.8) is 0 Å². The molecule has 4 aromatic rings. The van der Waals surface area contributed by atoms with Crippen LogP contribution in [0.1, 0.15) is 24.1 Å². The first-order valence-corrected chi connectivity index (χ1v) is 11.5. The van der Waals surface area contributed by atoms with Crippen LogP contribution in [0.5, 0.6) is 0 Å². The van der Waals surface area contributed by atoms with Gasteiger partial charge in [-0.3, -0.25) is 14.3 Å². The van der Waals surface area contributed by atoms with Gasteiger partial charge in [0.15, 0.2) is 11.0 Å². The van der Waals surface area contributed by atoms with E-state index >= 15 is 0 Å². The van der Waals surface area contributed by atoms with Gasteiger partial charge in [0.2, 0.25) is 5.91 Å². The van der Waals surface area contributed by atoms with Crippen molar-refractivity contribution in [1.29, 1.82) is 0 Å². The van der Waals surface area contributed by atoms with Gasteiger partial charge in [0, 0.05) is 23.0 Å². The zero-order valence-corrected chi connectivity index (χ0v) is 19.3. The van der Waals surface area contributed by atoms with Gasteiger partial charge in [0.1, 0.15) is 0 Å². The normalized spacial score (nSPS) is 11.8. The fourth-order valence-corrected chi connectivity index (χ4v) is 4.21. The Morgan fingerprint density at radius 3 is 2.50 bits per heavy atom. The number of benzene rings is 2. The first-order chi connectivity index (χ1) is 15.5. The van der Waals surface area contributed by atoms with Crippen molar-refractivity contribution in [2.75, 3.05) is 5.75 Å². The van der Waals surface area contributed by atoms with Crippen molar-refractivity contribution in [3.05, 3.63) is 89.2 Å². The summed E-state index contributed by atoms with van der Waals surface area (Å²) in [4.78, 5) is 16.7. The smallest absolute Gasteiger partial charge is 0.230 e. The lowest BCUT2D eigenvalue weighted by molar-refractivity contribution is -0.119. The Balaban J connectivity index is 1.55. The number of hydrogen-bond donors (Lipinski definition) is 1. The number of carbonyl (C=O) groups excluding carboxylic acids is 1. The lowest BCUT2D eigenvalue weighted by atomic mass is 10.1. The van der Waals surface area contributed by atoms with Gasteiger partial charge >= 0.3 is 0 Å². The molecule has 0 spiro atoms. The van der Waals surface area contributed by atoms with Crippen molar-refractivity contribution in [3.8, 4) is 17.1 Å². The number of carbonyl (C=O) groups is 1. The lowest BCUT2D eigenvalue weighted by Crippen LogP contribution is -2.28. The van der Waals surface area contributed by atoms with Crippen LogP contribution in [0.15, 0.2) is 78.2 Å². The monoisotopic (exact) mass is 463 g/mol. The molecule has 4 rings (SSSR count). The van der Waals surface area contributed by atoms with Crippen LogP contribution in [0, 0.1) is 6.92 Å². The highest BCUT2D eigenvalue weighted by Crippen LogP contribution is 2.29. The van der Waals surface area contributed by atoms with Gasteiger partial charge in [-0.25, -0.2) is 0 Å². The predicted molar refractivity (Wildman–Crippen MR) is 128 cm³/mol. The molecule has 0 aliphatic carbocycles. The Hall–Kier alpha value is -3.16. The summed E-state index contributed by atoms with van der Waals surface area (Å²) in [5.41, 5.74) is 3.96. The van der Waals surface area contributed by atoms with Crippen LogP contribution in [0.25, 0.3) is 17.1 Å². The number of aryl methyl sites for hydroxylation is 1. The third kappa shape index (κ3) is 5.00. The van der Waals surface area contributed by atoms with Gasteiger partial charge in [-0.05, 0) is 55.3 Å². The zero-order chi connectivity index (χ0) is 22.5. The third-order valence-corrected chi connectivity index (χ3v) is 6.19. The van der Waals surface area contributed by atoms with Crippen LogP contribution >= 0.6 is 23.4 Å². The summed E-state index contributed by atoms with van der Waals surface area (Å²) in [6.45, 7) is 3.99. The summed E-state index contributed by atoms with van der Waals surface area (Å²) in [6.07, 6.45) is 3.45. The number of pyridine rings is 1. The second-order valence-electron chi connectivity index (χ2n) is 7.29. The molecule has 0 bridgehead atoms. The molecule has 1 unspecified atom stereocenters. The van der Waals surface area contributed by atoms with Gasteiger partial charge in [-0.15, -0.1) is 10.2 Å². The standard InChI is InChI=1S/C24H22ClN5OS/c1-16-5-3-4-6-21(16)30-23(19-11-13-26-14-12-19)28-29-24(30)32-15-22(31)27-17(2)18-7-9-20(25)10-8-18/h3-14,17H,15H2,1-2H3,(H,27,31). The predicted octanol–water partition coefficient (Wildman–Crippen LogP) is 5.26. The molecule has 2 aromatic heterocycles. The van der Waals surface area contributed by atoms with Gasteiger partial charge < -0.3 is 5.32 Å². The molecule has 6 nitrogen and oxygen atoms in total. The number of rotatable bonds is 7. The quantitative estimate of drug-likeness (QED) is 0.378. The molecular formula is C24H22ClN5OS. The Morgan fingerprint density at radius 1 is 1.06 bits per heavy atom. The Kier molecular flexibility index (Phi) is 6.87. The summed E-state index contributed by atoms with van der Waals surface area (Å²) >= 11 is 7.31. The molecule has 2 aromatic carbocycles. The highest BCUT2D eigenvalue weighted by atomic mass is 35.5. The van der Waals surface area contributed by atoms with E-state index in [2.05, 4.69) is 20.5 Å². The Labute approximate surface area is 196 Å². The summed E-state index contributed by atoms with van der Waals surface area (Å²) in [7, 11) is 0. The minimum absolute atomic E-state index is 0.0813. The zero-order valence-electron chi connectivity index (χ0n) is 17.7. The molecule has 32 heavy (non-hydrogen) atoms. The molecule has 0 fully saturated rings. The second kappa shape index (κ2) is 9.97. The highest BCUT2D eigenvalue weighted by Gasteiger charge is 2.19. The van der Waals surface area contributed by atoms with Gasteiger partial charge in [-0.1, -0.05) is 53.7 Å². The van der Waals surface area contributed by atoms with E-state index in [1.165, 1.54) is 11.8 Å². The van der Waals surface area contributed by atoms with Crippen molar-refractivity contribution in [2.24, 2.45) is 0 Å². The minimum atomic E-state index is -0.123. The maximum absolute atomic E-state index is 12.6. The fourth-order valence-electron chi connectivity index (χ4n) is 3.33. The van der Waals surface area contributed by atoms with Crippen molar-refractivity contribution in [1.82, 2.24) is 25.1 Å². The number of nitrogens with one attached hydrogen (secondary N) is 1. The van der Waals surface area contributed by atoms with Gasteiger partial charge in [0.05, 0.1) is 17.5 Å². The van der Waals surface area contributed by atoms with E-state index in [9.17, 15) is 4.79 Å². The van der Waals surface area contributed by atoms with E-state index in [1.54, 1.807) is 12.4 Å². The SMILES string of the molecule is Cc1ccccc1-n1c(SCC(=O)NC(C)c2ccc(Cl)cc2)nnc1-c1ccncc1. The van der Waals surface area contributed by atoms with Crippen molar-refractivity contribution in [2.45, 2.75) is 25.0 Å². The molecule has 0 saturated carbocycles. The van der Waals surface area contributed by atoms with Crippen LogP contribution in [0.2, 0.25) is 5.02 Å². The maximum Gasteiger partial charge on any atom is 0.230 e. The Morgan fingerprint density at radius 2 is 1.78 bits per heavy atom. The Bertz CT molecular complexity index is 1210. The first kappa shape index (κ1) is 22.0. The second-order valence-corrected chi connectivity index (χ2v) is 8.67. The van der Waals surface area contributed by atoms with Crippen LogP contribution in [-0.4, -0.2) is 31.4 Å². The number of amides is 1. The number of nitrogens with zero attached hydrogens (tertiary/aromatic N) is 4. The number of thioether (sulfide) groups is 1. The van der Waals surface area contributed by atoms with Gasteiger partial charge in [0.25, 0.3) is 0 Å². The van der Waals surface area contributed by atoms with E-state index < -0.39 is 0 Å². The van der Waals surface area contributed by atoms with E-state index in [1.807, 2.05) is 79.1 Å². The van der Waals surface area contributed by atoms with Gasteiger partial charge in [-0.2, -0.15) is 0 Å². The van der Waals surface area contributed by atoms with Crippen LogP contribution in [0.3, 0.4) is 0 Å². The summed E-state index contributed by atoms with van der Waals surface area (Å²) in [5.74, 6) is 0.847. The average molecular weight is 464 g/mol. The fraction of sp³-hybridized carbons (Fsp3) is 0.167. The lowest BCUT2D eigenvalue weighted by Gasteiger charge is -2.15. The van der Waals surface area contributed by atoms with E-state index in [0.29, 0.717) is 16.0 Å². The largest absolute Gasteiger partial charge is 0.349 e. The topological polar surface area (TPSA) is 72.7 Å². The van der Waals surface area contributed by atoms with E-state index in [4.69, 9.17) is 11.6 Å². The minimum Gasteiger partial charge on any atom is -0.349 e. The molecule has 1 atom stereocenters. The molecule has 162 valence electrons. The third-order valence-electron chi connectivity index (χ3n) is 5.01. The van der Waals surface area contributed by atoms with E-state index in [0.717, 1.165) is 22.4 Å². The molecule has 8 heteroatoms. The molecule has 0 radical (unpaired) electrons. The van der Waals surface area contributed by atoms with Crippen LogP contribution in [0.4, 0.5) is 0 Å². The van der Waals surface area contributed by atoms with E-state index in [-0.39, 0.29) is 17.7 Å².